The molecule has 0 aromatic heterocycles. The Morgan fingerprint density at radius 1 is 1.41 bits per heavy atom. The first-order chi connectivity index (χ1) is 10.6. The van der Waals surface area contributed by atoms with Crippen LogP contribution in [0.4, 0.5) is 0 Å². The fraction of sp³-hybridized carbons (Fsp3) is 0.375. The smallest absolute Gasteiger partial charge is 0.333 e. The fourth-order valence-corrected chi connectivity index (χ4v) is 2.17. The lowest BCUT2D eigenvalue weighted by Crippen LogP contribution is -2.35. The summed E-state index contributed by atoms with van der Waals surface area (Å²) in [7, 11) is 0. The molecule has 0 saturated heterocycles. The fourth-order valence-electron chi connectivity index (χ4n) is 2.17. The molecule has 0 spiro atoms. The van der Waals surface area contributed by atoms with E-state index in [0.717, 1.165) is 5.56 Å². The molecule has 0 saturated carbocycles. The third-order valence-electron chi connectivity index (χ3n) is 3.19. The standard InChI is InChI=1S/C16H19NO5/c1-2-21-14(19)9-13(18)16-12(8-15(20)22-16)17-10-11-6-4-3-5-7-11/h3-8,13,16-18H,2,9-10H2,1H3. The molecule has 0 bridgehead atoms. The highest BCUT2D eigenvalue weighted by Crippen LogP contribution is 2.19. The minimum absolute atomic E-state index is 0.226. The number of benzene rings is 1. The van der Waals surface area contributed by atoms with Gasteiger partial charge in [-0.1, -0.05) is 30.3 Å². The first kappa shape index (κ1) is 16.0. The average molecular weight is 305 g/mol. The number of carbonyl (C=O) groups excluding carboxylic acids is 2. The van der Waals surface area contributed by atoms with Crippen LogP contribution in [0.15, 0.2) is 42.1 Å². The molecule has 22 heavy (non-hydrogen) atoms. The highest BCUT2D eigenvalue weighted by atomic mass is 16.6. The number of nitrogens with one attached hydrogen (secondary N) is 1. The van der Waals surface area contributed by atoms with Gasteiger partial charge in [-0.2, -0.15) is 0 Å². The van der Waals surface area contributed by atoms with Crippen LogP contribution in [0, 0.1) is 0 Å². The number of ether oxygens (including phenoxy) is 2. The first-order valence-electron chi connectivity index (χ1n) is 7.14. The van der Waals surface area contributed by atoms with Gasteiger partial charge >= 0.3 is 11.9 Å². The van der Waals surface area contributed by atoms with E-state index in [0.29, 0.717) is 12.2 Å². The minimum Gasteiger partial charge on any atom is -0.466 e. The summed E-state index contributed by atoms with van der Waals surface area (Å²) in [5.74, 6) is -1.07. The van der Waals surface area contributed by atoms with Crippen molar-refractivity contribution in [3.63, 3.8) is 0 Å². The summed E-state index contributed by atoms with van der Waals surface area (Å²) in [6.07, 6.45) is -0.946. The second kappa shape index (κ2) is 7.61. The van der Waals surface area contributed by atoms with E-state index in [2.05, 4.69) is 5.32 Å². The highest BCUT2D eigenvalue weighted by Gasteiger charge is 2.34. The van der Waals surface area contributed by atoms with Crippen molar-refractivity contribution in [3.05, 3.63) is 47.7 Å². The number of rotatable bonds is 7. The predicted octanol–water partition coefficient (Wildman–Crippen LogP) is 0.900. The van der Waals surface area contributed by atoms with Crippen LogP contribution in [-0.2, 0) is 25.6 Å². The monoisotopic (exact) mass is 305 g/mol. The van der Waals surface area contributed by atoms with Gasteiger partial charge in [0.1, 0.15) is 6.10 Å². The zero-order chi connectivity index (χ0) is 15.9. The quantitative estimate of drug-likeness (QED) is 0.728. The summed E-state index contributed by atoms with van der Waals surface area (Å²) in [5, 5.41) is 13.1. The van der Waals surface area contributed by atoms with E-state index in [-0.39, 0.29) is 13.0 Å². The lowest BCUT2D eigenvalue weighted by molar-refractivity contribution is -0.152. The lowest BCUT2D eigenvalue weighted by Gasteiger charge is -2.20. The topological polar surface area (TPSA) is 84.9 Å². The lowest BCUT2D eigenvalue weighted by atomic mass is 10.1. The first-order valence-corrected chi connectivity index (χ1v) is 7.14. The van der Waals surface area contributed by atoms with Gasteiger partial charge in [0.15, 0.2) is 6.10 Å². The molecule has 2 rings (SSSR count). The van der Waals surface area contributed by atoms with Crippen LogP contribution < -0.4 is 5.32 Å². The van der Waals surface area contributed by atoms with Crippen LogP contribution in [0.25, 0.3) is 0 Å². The molecule has 2 N–H and O–H groups in total. The molecule has 1 heterocycles. The van der Waals surface area contributed by atoms with Crippen LogP contribution >= 0.6 is 0 Å². The molecular weight excluding hydrogens is 286 g/mol. The van der Waals surface area contributed by atoms with Crippen molar-refractivity contribution in [2.24, 2.45) is 0 Å². The maximum absolute atomic E-state index is 11.4. The number of hydrogen-bond acceptors (Lipinski definition) is 6. The summed E-state index contributed by atoms with van der Waals surface area (Å²) in [4.78, 5) is 22.8. The van der Waals surface area contributed by atoms with Gasteiger partial charge in [0.2, 0.25) is 0 Å². The Morgan fingerprint density at radius 3 is 2.82 bits per heavy atom. The van der Waals surface area contributed by atoms with E-state index in [1.807, 2.05) is 30.3 Å². The predicted molar refractivity (Wildman–Crippen MR) is 78.5 cm³/mol. The number of esters is 2. The van der Waals surface area contributed by atoms with Crippen molar-refractivity contribution in [1.82, 2.24) is 5.32 Å². The van der Waals surface area contributed by atoms with Crippen LogP contribution in [-0.4, -0.2) is 35.9 Å². The summed E-state index contributed by atoms with van der Waals surface area (Å²) in [6, 6.07) is 9.62. The Morgan fingerprint density at radius 2 is 2.14 bits per heavy atom. The van der Waals surface area contributed by atoms with Gasteiger partial charge in [-0.25, -0.2) is 4.79 Å². The van der Waals surface area contributed by atoms with Crippen molar-refractivity contribution in [3.8, 4) is 0 Å². The highest BCUT2D eigenvalue weighted by molar-refractivity contribution is 5.86. The normalized spacial score (nSPS) is 18.4. The van der Waals surface area contributed by atoms with Gasteiger partial charge in [0.05, 0.1) is 18.7 Å². The van der Waals surface area contributed by atoms with Gasteiger partial charge in [-0.15, -0.1) is 0 Å². The summed E-state index contributed by atoms with van der Waals surface area (Å²) < 4.78 is 9.84. The van der Waals surface area contributed by atoms with E-state index >= 15 is 0 Å². The Kier molecular flexibility index (Phi) is 5.55. The maximum Gasteiger partial charge on any atom is 0.333 e. The Balaban J connectivity index is 1.94. The van der Waals surface area contributed by atoms with Crippen LogP contribution in [0.3, 0.4) is 0 Å². The number of carbonyl (C=O) groups is 2. The molecule has 0 radical (unpaired) electrons. The maximum atomic E-state index is 11.4. The Labute approximate surface area is 128 Å². The summed E-state index contributed by atoms with van der Waals surface area (Å²) in [6.45, 7) is 2.42. The molecule has 6 nitrogen and oxygen atoms in total. The molecule has 6 heteroatoms. The molecule has 1 aromatic rings. The Hall–Kier alpha value is -2.34. The van der Waals surface area contributed by atoms with Crippen molar-refractivity contribution < 1.29 is 24.2 Å². The van der Waals surface area contributed by atoms with Gasteiger partial charge in [-0.05, 0) is 12.5 Å². The third kappa shape index (κ3) is 4.33. The molecule has 2 unspecified atom stereocenters. The van der Waals surface area contributed by atoms with E-state index in [4.69, 9.17) is 9.47 Å². The molecule has 0 fully saturated rings. The molecule has 1 aliphatic heterocycles. The molecule has 118 valence electrons. The zero-order valence-corrected chi connectivity index (χ0v) is 12.3. The molecule has 1 aromatic carbocycles. The van der Waals surface area contributed by atoms with E-state index in [1.165, 1.54) is 6.08 Å². The number of aliphatic hydroxyl groups excluding tert-OH is 1. The van der Waals surface area contributed by atoms with Gasteiger partial charge < -0.3 is 19.9 Å². The second-order valence-electron chi connectivity index (χ2n) is 4.87. The Bertz CT molecular complexity index is 555. The number of aliphatic hydroxyl groups is 1. The van der Waals surface area contributed by atoms with Gasteiger partial charge in [0.25, 0.3) is 0 Å². The minimum atomic E-state index is -1.14. The largest absolute Gasteiger partial charge is 0.466 e. The zero-order valence-electron chi connectivity index (χ0n) is 12.3. The van der Waals surface area contributed by atoms with Crippen LogP contribution in [0.2, 0.25) is 0 Å². The van der Waals surface area contributed by atoms with Crippen molar-refractivity contribution in [1.29, 1.82) is 0 Å². The molecule has 0 amide bonds. The number of cyclic esters (lactones) is 1. The molecule has 1 aliphatic rings. The SMILES string of the molecule is CCOC(=O)CC(O)C1OC(=O)C=C1NCc1ccccc1. The summed E-state index contributed by atoms with van der Waals surface area (Å²) in [5.41, 5.74) is 1.49. The second-order valence-corrected chi connectivity index (χ2v) is 4.87. The van der Waals surface area contributed by atoms with Crippen LogP contribution in [0.1, 0.15) is 18.9 Å². The van der Waals surface area contributed by atoms with E-state index in [1.54, 1.807) is 6.92 Å². The summed E-state index contributed by atoms with van der Waals surface area (Å²) >= 11 is 0. The van der Waals surface area contributed by atoms with E-state index in [9.17, 15) is 14.7 Å². The van der Waals surface area contributed by atoms with Crippen LogP contribution in [0.5, 0.6) is 0 Å². The van der Waals surface area contributed by atoms with Gasteiger partial charge in [0, 0.05) is 12.6 Å². The van der Waals surface area contributed by atoms with Crippen molar-refractivity contribution in [2.75, 3.05) is 6.61 Å². The molecule has 2 atom stereocenters. The van der Waals surface area contributed by atoms with Crippen molar-refractivity contribution in [2.45, 2.75) is 32.1 Å². The van der Waals surface area contributed by atoms with Crippen molar-refractivity contribution >= 4 is 11.9 Å². The third-order valence-corrected chi connectivity index (χ3v) is 3.19. The average Bonchev–Trinajstić information content (AvgIpc) is 2.87. The molecular formula is C16H19NO5. The van der Waals surface area contributed by atoms with E-state index < -0.39 is 24.1 Å². The van der Waals surface area contributed by atoms with Gasteiger partial charge in [-0.3, -0.25) is 4.79 Å². The number of hydrogen-bond donors (Lipinski definition) is 2. The molecule has 0 aliphatic carbocycles.